The van der Waals surface area contributed by atoms with Gasteiger partial charge in [-0.1, -0.05) is 6.07 Å². The lowest BCUT2D eigenvalue weighted by Crippen LogP contribution is -2.14. The molecule has 0 unspecified atom stereocenters. The van der Waals surface area contributed by atoms with Crippen LogP contribution in [0.25, 0.3) is 0 Å². The number of anilines is 1. The zero-order chi connectivity index (χ0) is 14.0. The van der Waals surface area contributed by atoms with Gasteiger partial charge < -0.3 is 16.2 Å². The van der Waals surface area contributed by atoms with Crippen LogP contribution in [0, 0.1) is 11.6 Å². The van der Waals surface area contributed by atoms with Crippen molar-refractivity contribution in [2.75, 3.05) is 5.73 Å². The van der Waals surface area contributed by atoms with E-state index in [9.17, 15) is 13.6 Å². The van der Waals surface area contributed by atoms with Crippen LogP contribution in [0.15, 0.2) is 36.4 Å². The topological polar surface area (TPSA) is 78.3 Å². The molecule has 1 amide bonds. The number of nitrogen functional groups attached to an aromatic ring is 1. The van der Waals surface area contributed by atoms with E-state index in [2.05, 4.69) is 0 Å². The monoisotopic (exact) mass is 264 g/mol. The molecule has 19 heavy (non-hydrogen) atoms. The summed E-state index contributed by atoms with van der Waals surface area (Å²) in [6.45, 7) is 0. The van der Waals surface area contributed by atoms with E-state index in [1.54, 1.807) is 0 Å². The Balaban J connectivity index is 2.44. The number of hydrogen-bond donors (Lipinski definition) is 2. The molecule has 0 aliphatic rings. The first-order valence-corrected chi connectivity index (χ1v) is 5.30. The van der Waals surface area contributed by atoms with Crippen LogP contribution < -0.4 is 16.2 Å². The molecule has 0 spiro atoms. The minimum Gasteiger partial charge on any atom is -0.454 e. The lowest BCUT2D eigenvalue weighted by molar-refractivity contribution is 0.0994. The number of nitrogens with two attached hydrogens (primary N) is 2. The number of rotatable bonds is 3. The Kier molecular flexibility index (Phi) is 3.33. The quantitative estimate of drug-likeness (QED) is 0.836. The minimum absolute atomic E-state index is 0.0275. The fourth-order valence-corrected chi connectivity index (χ4v) is 1.56. The van der Waals surface area contributed by atoms with Gasteiger partial charge in [0.25, 0.3) is 5.91 Å². The van der Waals surface area contributed by atoms with Gasteiger partial charge >= 0.3 is 0 Å². The van der Waals surface area contributed by atoms with Crippen LogP contribution in [0.2, 0.25) is 0 Å². The van der Waals surface area contributed by atoms with Crippen LogP contribution in [0.3, 0.4) is 0 Å². The highest BCUT2D eigenvalue weighted by Crippen LogP contribution is 2.31. The highest BCUT2D eigenvalue weighted by atomic mass is 19.1. The Morgan fingerprint density at radius 1 is 1.11 bits per heavy atom. The number of halogens is 2. The summed E-state index contributed by atoms with van der Waals surface area (Å²) < 4.78 is 31.7. The first-order valence-electron chi connectivity index (χ1n) is 5.30. The molecule has 0 aliphatic carbocycles. The van der Waals surface area contributed by atoms with Gasteiger partial charge in [-0.15, -0.1) is 0 Å². The molecule has 0 aliphatic heterocycles. The van der Waals surface area contributed by atoms with Gasteiger partial charge in [-0.25, -0.2) is 8.78 Å². The molecule has 2 rings (SSSR count). The summed E-state index contributed by atoms with van der Waals surface area (Å²) in [5, 5.41) is 0. The van der Waals surface area contributed by atoms with Gasteiger partial charge in [0, 0.05) is 6.07 Å². The van der Waals surface area contributed by atoms with Crippen LogP contribution in [-0.2, 0) is 0 Å². The van der Waals surface area contributed by atoms with Gasteiger partial charge in [-0.2, -0.15) is 0 Å². The highest BCUT2D eigenvalue weighted by molar-refractivity contribution is 5.96. The lowest BCUT2D eigenvalue weighted by atomic mass is 10.1. The van der Waals surface area contributed by atoms with Crippen molar-refractivity contribution in [2.45, 2.75) is 0 Å². The molecule has 98 valence electrons. The van der Waals surface area contributed by atoms with Gasteiger partial charge in [0.2, 0.25) is 0 Å². The number of ether oxygens (including phenoxy) is 1. The van der Waals surface area contributed by atoms with Crippen LogP contribution in [-0.4, -0.2) is 5.91 Å². The standard InChI is InChI=1S/C13H10F2N2O2/c14-7-4-5-10(9(16)6-7)19-11-3-1-2-8(15)12(11)13(17)18/h1-6H,16H2,(H2,17,18). The van der Waals surface area contributed by atoms with Crippen LogP contribution in [0.1, 0.15) is 10.4 Å². The fraction of sp³-hybridized carbons (Fsp3) is 0. The molecular weight excluding hydrogens is 254 g/mol. The summed E-state index contributed by atoms with van der Waals surface area (Å²) in [6.07, 6.45) is 0. The van der Waals surface area contributed by atoms with E-state index in [-0.39, 0.29) is 22.7 Å². The second kappa shape index (κ2) is 4.93. The zero-order valence-electron chi connectivity index (χ0n) is 9.69. The summed E-state index contributed by atoms with van der Waals surface area (Å²) in [4.78, 5) is 11.2. The molecule has 2 aromatic rings. The first kappa shape index (κ1) is 12.8. The summed E-state index contributed by atoms with van der Waals surface area (Å²) >= 11 is 0. The maximum absolute atomic E-state index is 13.5. The maximum Gasteiger partial charge on any atom is 0.255 e. The SMILES string of the molecule is NC(=O)c1c(F)cccc1Oc1ccc(F)cc1N. The van der Waals surface area contributed by atoms with E-state index >= 15 is 0 Å². The molecule has 0 saturated heterocycles. The molecule has 4 nitrogen and oxygen atoms in total. The summed E-state index contributed by atoms with van der Waals surface area (Å²) in [5.41, 5.74) is 10.3. The second-order valence-corrected chi connectivity index (χ2v) is 3.76. The first-order chi connectivity index (χ1) is 8.99. The highest BCUT2D eigenvalue weighted by Gasteiger charge is 2.16. The smallest absolute Gasteiger partial charge is 0.255 e. The Morgan fingerprint density at radius 3 is 2.47 bits per heavy atom. The van der Waals surface area contributed by atoms with Crippen molar-refractivity contribution in [2.24, 2.45) is 5.73 Å². The number of carbonyl (C=O) groups excluding carboxylic acids is 1. The fourth-order valence-electron chi connectivity index (χ4n) is 1.56. The maximum atomic E-state index is 13.5. The lowest BCUT2D eigenvalue weighted by Gasteiger charge is -2.11. The second-order valence-electron chi connectivity index (χ2n) is 3.76. The van der Waals surface area contributed by atoms with Crippen molar-refractivity contribution in [3.05, 3.63) is 53.6 Å². The van der Waals surface area contributed by atoms with E-state index in [0.717, 1.165) is 18.2 Å². The van der Waals surface area contributed by atoms with Crippen molar-refractivity contribution in [1.82, 2.24) is 0 Å². The van der Waals surface area contributed by atoms with Crippen molar-refractivity contribution < 1.29 is 18.3 Å². The number of amides is 1. The summed E-state index contributed by atoms with van der Waals surface area (Å²) in [6, 6.07) is 7.28. The van der Waals surface area contributed by atoms with E-state index in [4.69, 9.17) is 16.2 Å². The average molecular weight is 264 g/mol. The van der Waals surface area contributed by atoms with Gasteiger partial charge in [-0.05, 0) is 24.3 Å². The zero-order valence-corrected chi connectivity index (χ0v) is 9.69. The normalized spacial score (nSPS) is 10.2. The van der Waals surface area contributed by atoms with Gasteiger partial charge in [0.05, 0.1) is 5.69 Å². The van der Waals surface area contributed by atoms with Crippen molar-refractivity contribution in [3.63, 3.8) is 0 Å². The molecule has 6 heteroatoms. The molecule has 0 bridgehead atoms. The average Bonchev–Trinajstić information content (AvgIpc) is 2.32. The number of carbonyl (C=O) groups is 1. The predicted molar refractivity (Wildman–Crippen MR) is 65.8 cm³/mol. The third-order valence-corrected chi connectivity index (χ3v) is 2.41. The van der Waals surface area contributed by atoms with E-state index in [0.29, 0.717) is 0 Å². The third-order valence-electron chi connectivity index (χ3n) is 2.41. The Labute approximate surface area is 107 Å². The Bertz CT molecular complexity index is 645. The van der Waals surface area contributed by atoms with E-state index in [1.807, 2.05) is 0 Å². The number of hydrogen-bond acceptors (Lipinski definition) is 3. The summed E-state index contributed by atoms with van der Waals surface area (Å²) in [7, 11) is 0. The number of primary amides is 1. The van der Waals surface area contributed by atoms with Gasteiger partial charge in [0.15, 0.2) is 5.75 Å². The van der Waals surface area contributed by atoms with Crippen LogP contribution >= 0.6 is 0 Å². The molecule has 0 saturated carbocycles. The molecule has 0 radical (unpaired) electrons. The molecule has 0 fully saturated rings. The number of benzene rings is 2. The van der Waals surface area contributed by atoms with Crippen LogP contribution in [0.4, 0.5) is 14.5 Å². The molecule has 4 N–H and O–H groups in total. The van der Waals surface area contributed by atoms with E-state index < -0.39 is 17.5 Å². The minimum atomic E-state index is -0.964. The Morgan fingerprint density at radius 2 is 1.84 bits per heavy atom. The molecule has 0 aromatic heterocycles. The Hall–Kier alpha value is -2.63. The molecule has 0 atom stereocenters. The van der Waals surface area contributed by atoms with Gasteiger partial charge in [-0.3, -0.25) is 4.79 Å². The van der Waals surface area contributed by atoms with Crippen LogP contribution in [0.5, 0.6) is 11.5 Å². The van der Waals surface area contributed by atoms with Crippen molar-refractivity contribution >= 4 is 11.6 Å². The largest absolute Gasteiger partial charge is 0.454 e. The predicted octanol–water partition coefficient (Wildman–Crippen LogP) is 2.44. The molecule has 0 heterocycles. The van der Waals surface area contributed by atoms with Gasteiger partial charge in [0.1, 0.15) is 22.9 Å². The van der Waals surface area contributed by atoms with E-state index in [1.165, 1.54) is 18.2 Å². The molecule has 2 aromatic carbocycles. The summed E-state index contributed by atoms with van der Waals surface area (Å²) in [5.74, 6) is -2.26. The third kappa shape index (κ3) is 2.62. The van der Waals surface area contributed by atoms with Crippen molar-refractivity contribution in [3.8, 4) is 11.5 Å². The molecular formula is C13H10F2N2O2. The van der Waals surface area contributed by atoms with Crippen molar-refractivity contribution in [1.29, 1.82) is 0 Å².